The molecule has 116 valence electrons. The molecule has 2 aliphatic rings. The van der Waals surface area contributed by atoms with Gasteiger partial charge in [0.15, 0.2) is 0 Å². The van der Waals surface area contributed by atoms with E-state index in [0.717, 1.165) is 0 Å². The average Bonchev–Trinajstić information content (AvgIpc) is 2.99. The normalized spacial score (nSPS) is 30.9. The molecule has 0 radical (unpaired) electrons. The zero-order valence-electron chi connectivity index (χ0n) is 12.4. The van der Waals surface area contributed by atoms with E-state index in [9.17, 15) is 9.90 Å². The van der Waals surface area contributed by atoms with Gasteiger partial charge in [-0.3, -0.25) is 0 Å². The summed E-state index contributed by atoms with van der Waals surface area (Å²) in [4.78, 5) is 11.5. The van der Waals surface area contributed by atoms with Crippen LogP contribution in [0.25, 0.3) is 0 Å². The summed E-state index contributed by atoms with van der Waals surface area (Å²) in [6, 6.07) is 0.372. The zero-order valence-corrected chi connectivity index (χ0v) is 12.4. The number of carbonyl (C=O) groups is 1. The Kier molecular flexibility index (Phi) is 5.63. The second-order valence-corrected chi connectivity index (χ2v) is 6.13. The van der Waals surface area contributed by atoms with E-state index in [1.165, 1.54) is 25.7 Å². The minimum absolute atomic E-state index is 0.0157. The molecule has 0 spiro atoms. The van der Waals surface area contributed by atoms with Crippen molar-refractivity contribution < 1.29 is 14.6 Å². The van der Waals surface area contributed by atoms with E-state index in [4.69, 9.17) is 4.74 Å². The lowest BCUT2D eigenvalue weighted by Gasteiger charge is -2.22. The molecule has 1 saturated heterocycles. The predicted molar refractivity (Wildman–Crippen MR) is 76.6 cm³/mol. The van der Waals surface area contributed by atoms with Crippen LogP contribution in [-0.4, -0.2) is 54.6 Å². The number of rotatable bonds is 5. The molecule has 1 saturated carbocycles. The number of aliphatic hydroxyl groups excluding tert-OH is 1. The first kappa shape index (κ1) is 15.5. The zero-order chi connectivity index (χ0) is 14.5. The fourth-order valence-electron chi connectivity index (χ4n) is 2.91. The van der Waals surface area contributed by atoms with Crippen molar-refractivity contribution in [3.8, 4) is 0 Å². The minimum atomic E-state index is -0.560. The van der Waals surface area contributed by atoms with Crippen LogP contribution in [-0.2, 0) is 4.74 Å². The largest absolute Gasteiger partial charge is 0.389 e. The third-order valence-corrected chi connectivity index (χ3v) is 3.97. The van der Waals surface area contributed by atoms with Crippen molar-refractivity contribution in [1.29, 1.82) is 0 Å². The van der Waals surface area contributed by atoms with E-state index in [0.29, 0.717) is 19.2 Å². The van der Waals surface area contributed by atoms with Gasteiger partial charge < -0.3 is 25.8 Å². The Labute approximate surface area is 120 Å². The molecule has 4 N–H and O–H groups in total. The van der Waals surface area contributed by atoms with E-state index in [1.54, 1.807) is 0 Å². The molecule has 0 aromatic rings. The number of carbonyl (C=O) groups excluding carboxylic acids is 1. The highest BCUT2D eigenvalue weighted by molar-refractivity contribution is 5.74. The van der Waals surface area contributed by atoms with E-state index in [2.05, 4.69) is 16.0 Å². The van der Waals surface area contributed by atoms with Gasteiger partial charge >= 0.3 is 6.03 Å². The Morgan fingerprint density at radius 1 is 1.35 bits per heavy atom. The minimum Gasteiger partial charge on any atom is -0.389 e. The molecule has 0 unspecified atom stereocenters. The molecule has 0 aromatic heterocycles. The average molecular weight is 285 g/mol. The number of urea groups is 1. The highest BCUT2D eigenvalue weighted by Crippen LogP contribution is 2.21. The van der Waals surface area contributed by atoms with Crippen LogP contribution in [0.4, 0.5) is 4.79 Å². The van der Waals surface area contributed by atoms with Crippen LogP contribution in [0.5, 0.6) is 0 Å². The third-order valence-electron chi connectivity index (χ3n) is 3.97. The molecule has 20 heavy (non-hydrogen) atoms. The molecule has 6 nitrogen and oxygen atoms in total. The Balaban J connectivity index is 1.70. The molecule has 1 aliphatic heterocycles. The van der Waals surface area contributed by atoms with Gasteiger partial charge in [-0.25, -0.2) is 4.79 Å². The van der Waals surface area contributed by atoms with Gasteiger partial charge in [0.05, 0.1) is 18.8 Å². The fourth-order valence-corrected chi connectivity index (χ4v) is 2.91. The Morgan fingerprint density at radius 2 is 2.05 bits per heavy atom. The summed E-state index contributed by atoms with van der Waals surface area (Å²) in [5, 5.41) is 19.2. The molecule has 0 aromatic carbocycles. The fraction of sp³-hybridized carbons (Fsp3) is 0.929. The lowest BCUT2D eigenvalue weighted by atomic mass is 10.1. The van der Waals surface area contributed by atoms with Crippen molar-refractivity contribution >= 4 is 6.03 Å². The van der Waals surface area contributed by atoms with Crippen LogP contribution in [0.15, 0.2) is 0 Å². The molecular weight excluding hydrogens is 258 g/mol. The van der Waals surface area contributed by atoms with Crippen molar-refractivity contribution in [2.24, 2.45) is 0 Å². The first-order chi connectivity index (χ1) is 9.56. The number of ether oxygens (including phenoxy) is 1. The number of amides is 2. The maximum Gasteiger partial charge on any atom is 0.315 e. The number of hydrogen-bond donors (Lipinski definition) is 4. The highest BCUT2D eigenvalue weighted by Gasteiger charge is 2.37. The first-order valence-electron chi connectivity index (χ1n) is 7.66. The topological polar surface area (TPSA) is 82.6 Å². The standard InChI is InChI=1S/C14H27N3O3/c1-9(2)16-14(19)15-7-12-13(18)11(8-20-12)17-10-5-3-4-6-10/h9-13,17-18H,3-8H2,1-2H3,(H2,15,16,19)/t11-,12-,13+/m1/s1. The number of aliphatic hydroxyl groups is 1. The molecule has 1 aliphatic carbocycles. The van der Waals surface area contributed by atoms with Gasteiger partial charge in [-0.1, -0.05) is 12.8 Å². The van der Waals surface area contributed by atoms with Crippen molar-refractivity contribution in [2.45, 2.75) is 69.9 Å². The van der Waals surface area contributed by atoms with E-state index in [1.807, 2.05) is 13.8 Å². The van der Waals surface area contributed by atoms with E-state index >= 15 is 0 Å². The highest BCUT2D eigenvalue weighted by atomic mass is 16.5. The summed E-state index contributed by atoms with van der Waals surface area (Å²) < 4.78 is 5.59. The lowest BCUT2D eigenvalue weighted by Crippen LogP contribution is -2.49. The van der Waals surface area contributed by atoms with Gasteiger partial charge in [-0.05, 0) is 26.7 Å². The summed E-state index contributed by atoms with van der Waals surface area (Å²) in [7, 11) is 0. The smallest absolute Gasteiger partial charge is 0.315 e. The Hall–Kier alpha value is -0.850. The Morgan fingerprint density at radius 3 is 2.70 bits per heavy atom. The van der Waals surface area contributed by atoms with Gasteiger partial charge in [-0.15, -0.1) is 0 Å². The number of hydrogen-bond acceptors (Lipinski definition) is 4. The molecule has 1 heterocycles. The molecule has 0 bridgehead atoms. The second kappa shape index (κ2) is 7.24. The molecule has 2 fully saturated rings. The van der Waals surface area contributed by atoms with Crippen LogP contribution in [0, 0.1) is 0 Å². The SMILES string of the molecule is CC(C)NC(=O)NC[C@H]1OC[C@@H](NC2CCCC2)[C@@H]1O. The van der Waals surface area contributed by atoms with Crippen molar-refractivity contribution in [2.75, 3.05) is 13.2 Å². The molecule has 6 heteroatoms. The summed E-state index contributed by atoms with van der Waals surface area (Å²) in [5.41, 5.74) is 0. The van der Waals surface area contributed by atoms with Gasteiger partial charge in [-0.2, -0.15) is 0 Å². The third kappa shape index (κ3) is 4.33. The van der Waals surface area contributed by atoms with Crippen molar-refractivity contribution in [3.05, 3.63) is 0 Å². The molecule has 2 rings (SSSR count). The van der Waals surface area contributed by atoms with Gasteiger partial charge in [0.1, 0.15) is 6.10 Å². The Bertz CT molecular complexity index is 319. The predicted octanol–water partition coefficient (Wildman–Crippen LogP) is 0.355. The van der Waals surface area contributed by atoms with Crippen LogP contribution in [0.3, 0.4) is 0 Å². The molecular formula is C14H27N3O3. The summed E-state index contributed by atoms with van der Waals surface area (Å²) in [6.07, 6.45) is 4.01. The monoisotopic (exact) mass is 285 g/mol. The second-order valence-electron chi connectivity index (χ2n) is 6.13. The van der Waals surface area contributed by atoms with Crippen LogP contribution in [0.1, 0.15) is 39.5 Å². The van der Waals surface area contributed by atoms with Crippen LogP contribution < -0.4 is 16.0 Å². The van der Waals surface area contributed by atoms with Crippen molar-refractivity contribution in [1.82, 2.24) is 16.0 Å². The quantitative estimate of drug-likeness (QED) is 0.587. The van der Waals surface area contributed by atoms with Gasteiger partial charge in [0, 0.05) is 18.6 Å². The van der Waals surface area contributed by atoms with E-state index in [-0.39, 0.29) is 24.2 Å². The maximum absolute atomic E-state index is 11.5. The van der Waals surface area contributed by atoms with Crippen LogP contribution >= 0.6 is 0 Å². The van der Waals surface area contributed by atoms with Crippen molar-refractivity contribution in [3.63, 3.8) is 0 Å². The molecule has 3 atom stereocenters. The lowest BCUT2D eigenvalue weighted by molar-refractivity contribution is 0.0422. The van der Waals surface area contributed by atoms with Gasteiger partial charge in [0.25, 0.3) is 0 Å². The summed E-state index contributed by atoms with van der Waals surface area (Å²) in [5.74, 6) is 0. The molecule has 2 amide bonds. The first-order valence-corrected chi connectivity index (χ1v) is 7.66. The summed E-state index contributed by atoms with van der Waals surface area (Å²) in [6.45, 7) is 4.66. The maximum atomic E-state index is 11.5. The summed E-state index contributed by atoms with van der Waals surface area (Å²) >= 11 is 0. The van der Waals surface area contributed by atoms with E-state index < -0.39 is 6.10 Å². The number of nitrogens with one attached hydrogen (secondary N) is 3. The van der Waals surface area contributed by atoms with Crippen LogP contribution in [0.2, 0.25) is 0 Å². The van der Waals surface area contributed by atoms with Gasteiger partial charge in [0.2, 0.25) is 0 Å².